The highest BCUT2D eigenvalue weighted by Gasteiger charge is 2.27. The maximum atomic E-state index is 12.0. The van der Waals surface area contributed by atoms with Crippen LogP contribution in [0.15, 0.2) is 24.3 Å². The molecule has 0 amide bonds. The molecule has 0 aliphatic rings. The van der Waals surface area contributed by atoms with E-state index in [0.717, 1.165) is 5.56 Å². The van der Waals surface area contributed by atoms with E-state index in [9.17, 15) is 13.2 Å². The fourth-order valence-electron chi connectivity index (χ4n) is 1.73. The van der Waals surface area contributed by atoms with E-state index in [0.29, 0.717) is 12.2 Å². The lowest BCUT2D eigenvalue weighted by molar-refractivity contribution is -0.176. The van der Waals surface area contributed by atoms with E-state index in [1.807, 2.05) is 18.2 Å². The predicted molar refractivity (Wildman–Crippen MR) is 66.1 cm³/mol. The van der Waals surface area contributed by atoms with Gasteiger partial charge in [0.05, 0.1) is 13.7 Å². The molecule has 0 saturated carbocycles. The van der Waals surface area contributed by atoms with E-state index in [1.165, 1.54) is 0 Å². The third-order valence-corrected chi connectivity index (χ3v) is 2.65. The second-order valence-electron chi connectivity index (χ2n) is 4.25. The normalized spacial score (nSPS) is 13.3. The van der Waals surface area contributed by atoms with Crippen LogP contribution in [0.2, 0.25) is 0 Å². The zero-order valence-electron chi connectivity index (χ0n) is 10.7. The summed E-state index contributed by atoms with van der Waals surface area (Å²) >= 11 is 0. The van der Waals surface area contributed by atoms with Gasteiger partial charge in [0.25, 0.3) is 0 Å². The first kappa shape index (κ1) is 15.8. The van der Waals surface area contributed by atoms with Gasteiger partial charge in [-0.1, -0.05) is 18.2 Å². The molecule has 19 heavy (non-hydrogen) atoms. The quantitative estimate of drug-likeness (QED) is 0.832. The molecule has 0 spiro atoms. The van der Waals surface area contributed by atoms with Gasteiger partial charge in [-0.25, -0.2) is 0 Å². The Morgan fingerprint density at radius 2 is 1.95 bits per heavy atom. The van der Waals surface area contributed by atoms with Gasteiger partial charge in [-0.2, -0.15) is 13.2 Å². The van der Waals surface area contributed by atoms with Gasteiger partial charge in [0.1, 0.15) is 12.4 Å². The molecule has 0 fully saturated rings. The molecule has 0 aromatic heterocycles. The van der Waals surface area contributed by atoms with E-state index in [-0.39, 0.29) is 19.1 Å². The van der Waals surface area contributed by atoms with Crippen molar-refractivity contribution in [1.82, 2.24) is 0 Å². The minimum absolute atomic E-state index is 0.0198. The van der Waals surface area contributed by atoms with Crippen LogP contribution in [0.1, 0.15) is 5.56 Å². The average Bonchev–Trinajstić information content (AvgIpc) is 2.36. The highest BCUT2D eigenvalue weighted by atomic mass is 19.4. The summed E-state index contributed by atoms with van der Waals surface area (Å²) in [7, 11) is 1.55. The van der Waals surface area contributed by atoms with Gasteiger partial charge in [0, 0.05) is 0 Å². The lowest BCUT2D eigenvalue weighted by Crippen LogP contribution is -2.26. The lowest BCUT2D eigenvalue weighted by Gasteiger charge is -2.17. The number of rotatable bonds is 7. The molecule has 3 nitrogen and oxygen atoms in total. The van der Waals surface area contributed by atoms with Gasteiger partial charge >= 0.3 is 6.18 Å². The van der Waals surface area contributed by atoms with Crippen LogP contribution in [0.25, 0.3) is 0 Å². The summed E-state index contributed by atoms with van der Waals surface area (Å²) in [6.07, 6.45) is -3.78. The first-order valence-electron chi connectivity index (χ1n) is 5.92. The van der Waals surface area contributed by atoms with E-state index >= 15 is 0 Å². The molecule has 0 heterocycles. The van der Waals surface area contributed by atoms with Crippen LogP contribution in [-0.2, 0) is 11.2 Å². The van der Waals surface area contributed by atoms with E-state index in [2.05, 4.69) is 4.74 Å². The molecule has 0 radical (unpaired) electrons. The standard InChI is InChI=1S/C13H18F3NO2/c1-18-12-5-3-2-4-11(12)6-10(7-17)8-19-9-13(14,15)16/h2-5,10H,6-9,17H2,1H3. The Balaban J connectivity index is 2.52. The number of alkyl halides is 3. The topological polar surface area (TPSA) is 44.5 Å². The SMILES string of the molecule is COc1ccccc1CC(CN)COCC(F)(F)F. The smallest absolute Gasteiger partial charge is 0.411 e. The molecular weight excluding hydrogens is 259 g/mol. The number of halogens is 3. The highest BCUT2D eigenvalue weighted by molar-refractivity contribution is 5.33. The Morgan fingerprint density at radius 1 is 1.26 bits per heavy atom. The van der Waals surface area contributed by atoms with Gasteiger partial charge in [0.15, 0.2) is 0 Å². The summed E-state index contributed by atoms with van der Waals surface area (Å²) in [5.41, 5.74) is 6.47. The van der Waals surface area contributed by atoms with Crippen LogP contribution in [0.5, 0.6) is 5.75 Å². The Bertz CT molecular complexity index is 382. The van der Waals surface area contributed by atoms with Gasteiger partial charge < -0.3 is 15.2 Å². The number of nitrogens with two attached hydrogens (primary N) is 1. The molecule has 0 aliphatic carbocycles. The van der Waals surface area contributed by atoms with E-state index < -0.39 is 12.8 Å². The second kappa shape index (κ2) is 7.35. The third kappa shape index (κ3) is 5.94. The molecule has 1 unspecified atom stereocenters. The predicted octanol–water partition coefficient (Wildman–Crippen LogP) is 2.39. The molecule has 108 valence electrons. The van der Waals surface area contributed by atoms with Crippen LogP contribution in [0.4, 0.5) is 13.2 Å². The van der Waals surface area contributed by atoms with Crippen LogP contribution in [-0.4, -0.2) is 33.0 Å². The third-order valence-electron chi connectivity index (χ3n) is 2.65. The van der Waals surface area contributed by atoms with Crippen molar-refractivity contribution in [2.24, 2.45) is 11.7 Å². The van der Waals surface area contributed by atoms with Crippen molar-refractivity contribution in [3.8, 4) is 5.75 Å². The zero-order valence-corrected chi connectivity index (χ0v) is 10.7. The highest BCUT2D eigenvalue weighted by Crippen LogP contribution is 2.21. The molecule has 1 atom stereocenters. The molecule has 1 aromatic carbocycles. The van der Waals surface area contributed by atoms with Crippen molar-refractivity contribution in [2.75, 3.05) is 26.9 Å². The Hall–Kier alpha value is -1.27. The number of methoxy groups -OCH3 is 1. The van der Waals surface area contributed by atoms with E-state index in [1.54, 1.807) is 13.2 Å². The van der Waals surface area contributed by atoms with Crippen LogP contribution >= 0.6 is 0 Å². The minimum atomic E-state index is -4.30. The summed E-state index contributed by atoms with van der Waals surface area (Å²) in [5.74, 6) is 0.537. The van der Waals surface area contributed by atoms with Gasteiger partial charge in [-0.15, -0.1) is 0 Å². The van der Waals surface area contributed by atoms with Crippen molar-refractivity contribution >= 4 is 0 Å². The molecule has 1 rings (SSSR count). The Kier molecular flexibility index (Phi) is 6.11. The fraction of sp³-hybridized carbons (Fsp3) is 0.538. The molecule has 0 bridgehead atoms. The molecular formula is C13H18F3NO2. The summed E-state index contributed by atoms with van der Waals surface area (Å²) in [5, 5.41) is 0. The first-order chi connectivity index (χ1) is 8.96. The largest absolute Gasteiger partial charge is 0.496 e. The Labute approximate surface area is 110 Å². The van der Waals surface area contributed by atoms with Crippen LogP contribution in [0, 0.1) is 5.92 Å². The number of hydrogen-bond donors (Lipinski definition) is 1. The number of ether oxygens (including phenoxy) is 2. The number of benzene rings is 1. The van der Waals surface area contributed by atoms with Crippen molar-refractivity contribution in [2.45, 2.75) is 12.6 Å². The van der Waals surface area contributed by atoms with Gasteiger partial charge in [0.2, 0.25) is 0 Å². The maximum Gasteiger partial charge on any atom is 0.411 e. The summed E-state index contributed by atoms with van der Waals surface area (Å²) < 4.78 is 45.8. The molecule has 6 heteroatoms. The van der Waals surface area contributed by atoms with Crippen LogP contribution in [0.3, 0.4) is 0 Å². The zero-order chi connectivity index (χ0) is 14.3. The molecule has 1 aromatic rings. The molecule has 0 aliphatic heterocycles. The monoisotopic (exact) mass is 277 g/mol. The van der Waals surface area contributed by atoms with Crippen molar-refractivity contribution in [3.63, 3.8) is 0 Å². The first-order valence-corrected chi connectivity index (χ1v) is 5.92. The van der Waals surface area contributed by atoms with Gasteiger partial charge in [-0.3, -0.25) is 0 Å². The fourth-order valence-corrected chi connectivity index (χ4v) is 1.73. The second-order valence-corrected chi connectivity index (χ2v) is 4.25. The minimum Gasteiger partial charge on any atom is -0.496 e. The lowest BCUT2D eigenvalue weighted by atomic mass is 9.99. The van der Waals surface area contributed by atoms with E-state index in [4.69, 9.17) is 10.5 Å². The van der Waals surface area contributed by atoms with Crippen molar-refractivity contribution in [3.05, 3.63) is 29.8 Å². The van der Waals surface area contributed by atoms with Crippen LogP contribution < -0.4 is 10.5 Å². The number of hydrogen-bond acceptors (Lipinski definition) is 3. The Morgan fingerprint density at radius 3 is 2.53 bits per heavy atom. The average molecular weight is 277 g/mol. The van der Waals surface area contributed by atoms with Crippen molar-refractivity contribution < 1.29 is 22.6 Å². The molecule has 2 N–H and O–H groups in total. The summed E-state index contributed by atoms with van der Waals surface area (Å²) in [6, 6.07) is 7.35. The summed E-state index contributed by atoms with van der Waals surface area (Å²) in [6.45, 7) is -1.00. The summed E-state index contributed by atoms with van der Waals surface area (Å²) in [4.78, 5) is 0. The molecule has 0 saturated heterocycles. The maximum absolute atomic E-state index is 12.0. The van der Waals surface area contributed by atoms with Gasteiger partial charge in [-0.05, 0) is 30.5 Å². The number of para-hydroxylation sites is 1. The van der Waals surface area contributed by atoms with Crippen molar-refractivity contribution in [1.29, 1.82) is 0 Å².